The number of carbonyl (C=O) groups excluding carboxylic acids is 2. The summed E-state index contributed by atoms with van der Waals surface area (Å²) in [5, 5.41) is 2.85. The molecule has 1 fully saturated rings. The van der Waals surface area contributed by atoms with E-state index in [-0.39, 0.29) is 23.3 Å². The molecule has 0 radical (unpaired) electrons. The fourth-order valence-electron chi connectivity index (χ4n) is 4.64. The molecule has 8 heteroatoms. The molecule has 7 nitrogen and oxygen atoms in total. The molecule has 4 rings (SSSR count). The SMILES string of the molecule is C[C@@H]1CCCN(S(=O)(=O)c2ccc3c(c2)C(C)(C)C(=O)N3CC(=O)NCc2ccccc2)C1. The topological polar surface area (TPSA) is 86.8 Å². The van der Waals surface area contributed by atoms with E-state index in [9.17, 15) is 18.0 Å². The van der Waals surface area contributed by atoms with E-state index < -0.39 is 15.4 Å². The molecule has 176 valence electrons. The van der Waals surface area contributed by atoms with Crippen LogP contribution in [0.3, 0.4) is 0 Å². The minimum atomic E-state index is -3.64. The van der Waals surface area contributed by atoms with E-state index in [2.05, 4.69) is 12.2 Å². The summed E-state index contributed by atoms with van der Waals surface area (Å²) in [6, 6.07) is 14.4. The first-order chi connectivity index (χ1) is 15.6. The van der Waals surface area contributed by atoms with Crippen LogP contribution in [0.4, 0.5) is 5.69 Å². The Balaban J connectivity index is 1.55. The molecule has 2 aromatic rings. The summed E-state index contributed by atoms with van der Waals surface area (Å²) in [7, 11) is -3.64. The van der Waals surface area contributed by atoms with Gasteiger partial charge in [0.15, 0.2) is 0 Å². The summed E-state index contributed by atoms with van der Waals surface area (Å²) < 4.78 is 28.1. The van der Waals surface area contributed by atoms with Crippen LogP contribution in [0.5, 0.6) is 0 Å². The summed E-state index contributed by atoms with van der Waals surface area (Å²) in [4.78, 5) is 27.4. The lowest BCUT2D eigenvalue weighted by atomic mass is 9.86. The van der Waals surface area contributed by atoms with Gasteiger partial charge in [0.05, 0.1) is 10.3 Å². The standard InChI is InChI=1S/C25H31N3O4S/c1-18-8-7-13-27(16-18)33(31,32)20-11-12-22-21(14-20)25(2,3)24(30)28(22)17-23(29)26-15-19-9-5-4-6-10-19/h4-6,9-12,14,18H,7-8,13,15-17H2,1-3H3,(H,26,29)/t18-/m1/s1. The molecule has 1 saturated heterocycles. The van der Waals surface area contributed by atoms with Gasteiger partial charge in [-0.1, -0.05) is 37.3 Å². The molecule has 0 saturated carbocycles. The lowest BCUT2D eigenvalue weighted by Gasteiger charge is -2.30. The molecule has 33 heavy (non-hydrogen) atoms. The number of amides is 2. The Hall–Kier alpha value is -2.71. The fraction of sp³-hybridized carbons (Fsp3) is 0.440. The molecule has 1 N–H and O–H groups in total. The van der Waals surface area contributed by atoms with Gasteiger partial charge < -0.3 is 10.2 Å². The van der Waals surface area contributed by atoms with E-state index in [1.807, 2.05) is 30.3 Å². The predicted octanol–water partition coefficient (Wildman–Crippen LogP) is 3.05. The summed E-state index contributed by atoms with van der Waals surface area (Å²) >= 11 is 0. The molecule has 0 bridgehead atoms. The minimum Gasteiger partial charge on any atom is -0.350 e. The maximum atomic E-state index is 13.3. The van der Waals surface area contributed by atoms with Crippen LogP contribution in [-0.2, 0) is 31.6 Å². The van der Waals surface area contributed by atoms with Gasteiger partial charge in [-0.05, 0) is 61.9 Å². The van der Waals surface area contributed by atoms with Crippen molar-refractivity contribution in [2.45, 2.75) is 50.5 Å². The second-order valence-electron chi connectivity index (χ2n) is 9.57. The average molecular weight is 470 g/mol. The van der Waals surface area contributed by atoms with Crippen LogP contribution < -0.4 is 10.2 Å². The summed E-state index contributed by atoms with van der Waals surface area (Å²) in [6.07, 6.45) is 1.88. The quantitative estimate of drug-likeness (QED) is 0.705. The average Bonchev–Trinajstić information content (AvgIpc) is 2.98. The number of carbonyl (C=O) groups is 2. The number of sulfonamides is 1. The van der Waals surface area contributed by atoms with Crippen LogP contribution in [0.15, 0.2) is 53.4 Å². The highest BCUT2D eigenvalue weighted by Crippen LogP contribution is 2.42. The second-order valence-corrected chi connectivity index (χ2v) is 11.5. The third-order valence-electron chi connectivity index (χ3n) is 6.60. The number of piperidine rings is 1. The van der Waals surface area contributed by atoms with Gasteiger partial charge in [0.25, 0.3) is 0 Å². The predicted molar refractivity (Wildman–Crippen MR) is 127 cm³/mol. The smallest absolute Gasteiger partial charge is 0.243 e. The Kier molecular flexibility index (Phi) is 6.33. The number of benzene rings is 2. The Morgan fingerprint density at radius 2 is 1.88 bits per heavy atom. The minimum absolute atomic E-state index is 0.113. The molecular weight excluding hydrogens is 438 g/mol. The van der Waals surface area contributed by atoms with Gasteiger partial charge in [0.1, 0.15) is 6.54 Å². The molecule has 0 spiro atoms. The van der Waals surface area contributed by atoms with Crippen LogP contribution in [0.1, 0.15) is 44.7 Å². The van der Waals surface area contributed by atoms with Crippen LogP contribution in [0, 0.1) is 5.92 Å². The highest BCUT2D eigenvalue weighted by atomic mass is 32.2. The van der Waals surface area contributed by atoms with Crippen molar-refractivity contribution in [3.8, 4) is 0 Å². The van der Waals surface area contributed by atoms with Crippen LogP contribution in [-0.4, -0.2) is 44.2 Å². The lowest BCUT2D eigenvalue weighted by molar-refractivity contribution is -0.125. The molecule has 0 aromatic heterocycles. The molecule has 2 heterocycles. The zero-order valence-corrected chi connectivity index (χ0v) is 20.2. The fourth-order valence-corrected chi connectivity index (χ4v) is 6.27. The number of hydrogen-bond donors (Lipinski definition) is 1. The van der Waals surface area contributed by atoms with E-state index in [0.717, 1.165) is 18.4 Å². The van der Waals surface area contributed by atoms with E-state index in [1.165, 1.54) is 4.90 Å². The van der Waals surface area contributed by atoms with E-state index in [4.69, 9.17) is 0 Å². The molecule has 1 atom stereocenters. The second kappa shape index (κ2) is 8.91. The number of hydrogen-bond acceptors (Lipinski definition) is 4. The van der Waals surface area contributed by atoms with Crippen molar-refractivity contribution in [3.63, 3.8) is 0 Å². The van der Waals surface area contributed by atoms with E-state index >= 15 is 0 Å². The zero-order chi connectivity index (χ0) is 23.8. The van der Waals surface area contributed by atoms with Gasteiger partial charge in [-0.15, -0.1) is 0 Å². The molecule has 0 unspecified atom stereocenters. The maximum Gasteiger partial charge on any atom is 0.243 e. The number of nitrogens with zero attached hydrogens (tertiary/aromatic N) is 2. The highest BCUT2D eigenvalue weighted by molar-refractivity contribution is 7.89. The van der Waals surface area contributed by atoms with Gasteiger partial charge in [0, 0.05) is 25.3 Å². The lowest BCUT2D eigenvalue weighted by Crippen LogP contribution is -2.42. The highest BCUT2D eigenvalue weighted by Gasteiger charge is 2.45. The Morgan fingerprint density at radius 1 is 1.15 bits per heavy atom. The van der Waals surface area contributed by atoms with Crippen molar-refractivity contribution < 1.29 is 18.0 Å². The van der Waals surface area contributed by atoms with Crippen molar-refractivity contribution >= 4 is 27.5 Å². The number of anilines is 1. The molecule has 2 aliphatic heterocycles. The van der Waals surface area contributed by atoms with Crippen LogP contribution >= 0.6 is 0 Å². The first kappa shape index (κ1) is 23.4. The number of nitrogens with one attached hydrogen (secondary N) is 1. The van der Waals surface area contributed by atoms with Crippen LogP contribution in [0.2, 0.25) is 0 Å². The van der Waals surface area contributed by atoms with Gasteiger partial charge in [-0.25, -0.2) is 8.42 Å². The summed E-state index contributed by atoms with van der Waals surface area (Å²) in [5.74, 6) is -0.158. The summed E-state index contributed by atoms with van der Waals surface area (Å²) in [5.41, 5.74) is 1.27. The van der Waals surface area contributed by atoms with Crippen molar-refractivity contribution in [2.24, 2.45) is 5.92 Å². The zero-order valence-electron chi connectivity index (χ0n) is 19.4. The normalized spacial score (nSPS) is 20.5. The molecule has 2 amide bonds. The van der Waals surface area contributed by atoms with Crippen molar-refractivity contribution in [2.75, 3.05) is 24.5 Å². The Bertz CT molecular complexity index is 1160. The first-order valence-electron chi connectivity index (χ1n) is 11.4. The molecule has 0 aliphatic carbocycles. The van der Waals surface area contributed by atoms with Crippen LogP contribution in [0.25, 0.3) is 0 Å². The molecule has 2 aliphatic rings. The largest absolute Gasteiger partial charge is 0.350 e. The van der Waals surface area contributed by atoms with Gasteiger partial charge in [0.2, 0.25) is 21.8 Å². The number of rotatable bonds is 6. The molecule has 2 aromatic carbocycles. The third-order valence-corrected chi connectivity index (χ3v) is 8.46. The van der Waals surface area contributed by atoms with Gasteiger partial charge >= 0.3 is 0 Å². The van der Waals surface area contributed by atoms with Gasteiger partial charge in [-0.2, -0.15) is 4.31 Å². The molecular formula is C25H31N3O4S. The third kappa shape index (κ3) is 4.54. The van der Waals surface area contributed by atoms with Crippen molar-refractivity contribution in [1.29, 1.82) is 0 Å². The summed E-state index contributed by atoms with van der Waals surface area (Å²) in [6.45, 7) is 6.90. The van der Waals surface area contributed by atoms with Crippen molar-refractivity contribution in [1.82, 2.24) is 9.62 Å². The number of fused-ring (bicyclic) bond motifs is 1. The monoisotopic (exact) mass is 469 g/mol. The van der Waals surface area contributed by atoms with Crippen molar-refractivity contribution in [3.05, 3.63) is 59.7 Å². The van der Waals surface area contributed by atoms with E-state index in [1.54, 1.807) is 36.4 Å². The Morgan fingerprint density at radius 3 is 2.58 bits per heavy atom. The van der Waals surface area contributed by atoms with E-state index in [0.29, 0.717) is 36.8 Å². The Labute approximate surface area is 195 Å². The van der Waals surface area contributed by atoms with Gasteiger partial charge in [-0.3, -0.25) is 9.59 Å². The maximum absolute atomic E-state index is 13.3. The first-order valence-corrected chi connectivity index (χ1v) is 12.8.